The first-order valence-electron chi connectivity index (χ1n) is 7.80. The average molecular weight is 293 g/mol. The second kappa shape index (κ2) is 8.06. The molecule has 1 unspecified atom stereocenters. The first-order valence-corrected chi connectivity index (χ1v) is 8.95. The fourth-order valence-electron chi connectivity index (χ4n) is 3.10. The maximum absolute atomic E-state index is 9.98. The van der Waals surface area contributed by atoms with Gasteiger partial charge in [0.25, 0.3) is 0 Å². The SMILES string of the molecule is CCNC(CO)(CSCC1CCCC1)c1ccccc1. The molecule has 1 saturated carbocycles. The van der Waals surface area contributed by atoms with Crippen LogP contribution in [0.1, 0.15) is 38.2 Å². The molecule has 0 radical (unpaired) electrons. The van der Waals surface area contributed by atoms with Crippen molar-refractivity contribution in [2.45, 2.75) is 38.1 Å². The lowest BCUT2D eigenvalue weighted by molar-refractivity contribution is 0.181. The molecule has 1 aromatic rings. The maximum atomic E-state index is 9.98. The Bertz CT molecular complexity index is 378. The molecule has 1 atom stereocenters. The molecular formula is C17H27NOS. The van der Waals surface area contributed by atoms with Crippen molar-refractivity contribution < 1.29 is 5.11 Å². The van der Waals surface area contributed by atoms with Crippen LogP contribution in [0.3, 0.4) is 0 Å². The van der Waals surface area contributed by atoms with E-state index < -0.39 is 0 Å². The zero-order valence-electron chi connectivity index (χ0n) is 12.5. The van der Waals surface area contributed by atoms with Crippen LogP contribution in [-0.2, 0) is 5.54 Å². The summed E-state index contributed by atoms with van der Waals surface area (Å²) in [6.45, 7) is 3.14. The van der Waals surface area contributed by atoms with Crippen LogP contribution in [0.4, 0.5) is 0 Å². The largest absolute Gasteiger partial charge is 0.394 e. The standard InChI is InChI=1S/C17H27NOS/c1-2-18-17(13-19,16-10-4-3-5-11-16)14-20-12-15-8-6-7-9-15/h3-5,10-11,15,18-19H,2,6-9,12-14H2,1H3. The Morgan fingerprint density at radius 3 is 2.55 bits per heavy atom. The van der Waals surface area contributed by atoms with E-state index >= 15 is 0 Å². The van der Waals surface area contributed by atoms with Gasteiger partial charge in [0.1, 0.15) is 0 Å². The van der Waals surface area contributed by atoms with E-state index in [0.29, 0.717) is 0 Å². The van der Waals surface area contributed by atoms with Gasteiger partial charge in [0.05, 0.1) is 12.1 Å². The second-order valence-electron chi connectivity index (χ2n) is 5.80. The minimum absolute atomic E-state index is 0.155. The molecule has 1 fully saturated rings. The van der Waals surface area contributed by atoms with E-state index in [1.165, 1.54) is 37.0 Å². The molecule has 2 rings (SSSR count). The van der Waals surface area contributed by atoms with Gasteiger partial charge in [-0.05, 0) is 36.6 Å². The summed E-state index contributed by atoms with van der Waals surface area (Å²) >= 11 is 1.99. The van der Waals surface area contributed by atoms with E-state index in [1.54, 1.807) is 0 Å². The van der Waals surface area contributed by atoms with Crippen molar-refractivity contribution in [1.82, 2.24) is 5.32 Å². The minimum Gasteiger partial charge on any atom is -0.394 e. The predicted octanol–water partition coefficient (Wildman–Crippen LogP) is 3.41. The number of aliphatic hydroxyl groups excluding tert-OH is 1. The highest BCUT2D eigenvalue weighted by atomic mass is 32.2. The summed E-state index contributed by atoms with van der Waals surface area (Å²) in [5.41, 5.74) is 0.905. The van der Waals surface area contributed by atoms with Gasteiger partial charge in [-0.15, -0.1) is 0 Å². The van der Waals surface area contributed by atoms with Gasteiger partial charge < -0.3 is 10.4 Å². The van der Waals surface area contributed by atoms with E-state index in [9.17, 15) is 5.11 Å². The highest BCUT2D eigenvalue weighted by Crippen LogP contribution is 2.31. The van der Waals surface area contributed by atoms with Crippen molar-refractivity contribution in [3.05, 3.63) is 35.9 Å². The van der Waals surface area contributed by atoms with Crippen LogP contribution in [0.5, 0.6) is 0 Å². The molecule has 3 heteroatoms. The van der Waals surface area contributed by atoms with E-state index in [-0.39, 0.29) is 12.1 Å². The molecule has 1 aromatic carbocycles. The predicted molar refractivity (Wildman–Crippen MR) is 88.2 cm³/mol. The van der Waals surface area contributed by atoms with Gasteiger partial charge in [-0.25, -0.2) is 0 Å². The Hall–Kier alpha value is -0.510. The summed E-state index contributed by atoms with van der Waals surface area (Å²) in [6, 6.07) is 10.4. The molecule has 0 bridgehead atoms. The fourth-order valence-corrected chi connectivity index (χ4v) is 4.59. The molecule has 0 spiro atoms. The first kappa shape index (κ1) is 15.9. The average Bonchev–Trinajstić information content (AvgIpc) is 3.00. The van der Waals surface area contributed by atoms with Crippen LogP contribution in [0.2, 0.25) is 0 Å². The van der Waals surface area contributed by atoms with Gasteiger partial charge >= 0.3 is 0 Å². The zero-order chi connectivity index (χ0) is 14.3. The number of likely N-dealkylation sites (N-methyl/N-ethyl adjacent to an activating group) is 1. The van der Waals surface area contributed by atoms with Crippen molar-refractivity contribution in [2.75, 3.05) is 24.7 Å². The summed E-state index contributed by atoms with van der Waals surface area (Å²) in [4.78, 5) is 0. The summed E-state index contributed by atoms with van der Waals surface area (Å²) in [5.74, 6) is 3.08. The second-order valence-corrected chi connectivity index (χ2v) is 6.83. The lowest BCUT2D eigenvalue weighted by Gasteiger charge is -2.33. The van der Waals surface area contributed by atoms with Gasteiger partial charge in [0.15, 0.2) is 0 Å². The Morgan fingerprint density at radius 2 is 1.95 bits per heavy atom. The first-order chi connectivity index (χ1) is 9.80. The topological polar surface area (TPSA) is 32.3 Å². The number of benzene rings is 1. The van der Waals surface area contributed by atoms with Gasteiger partial charge in [-0.1, -0.05) is 50.1 Å². The molecule has 2 nitrogen and oxygen atoms in total. The summed E-state index contributed by atoms with van der Waals surface area (Å²) in [7, 11) is 0. The quantitative estimate of drug-likeness (QED) is 0.770. The van der Waals surface area contributed by atoms with E-state index in [2.05, 4.69) is 36.5 Å². The Morgan fingerprint density at radius 1 is 1.25 bits per heavy atom. The molecular weight excluding hydrogens is 266 g/mol. The zero-order valence-corrected chi connectivity index (χ0v) is 13.3. The summed E-state index contributed by atoms with van der Waals surface area (Å²) < 4.78 is 0. The monoisotopic (exact) mass is 293 g/mol. The Labute approximate surface area is 127 Å². The van der Waals surface area contributed by atoms with Crippen molar-refractivity contribution in [3.8, 4) is 0 Å². The molecule has 112 valence electrons. The van der Waals surface area contributed by atoms with Crippen LogP contribution in [0.15, 0.2) is 30.3 Å². The number of hydrogen-bond donors (Lipinski definition) is 2. The number of aliphatic hydroxyl groups is 1. The van der Waals surface area contributed by atoms with Crippen molar-refractivity contribution in [1.29, 1.82) is 0 Å². The highest BCUT2D eigenvalue weighted by Gasteiger charge is 2.30. The lowest BCUT2D eigenvalue weighted by Crippen LogP contribution is -2.48. The molecule has 0 aromatic heterocycles. The van der Waals surface area contributed by atoms with Crippen molar-refractivity contribution >= 4 is 11.8 Å². The molecule has 1 aliphatic rings. The molecule has 1 aliphatic carbocycles. The highest BCUT2D eigenvalue weighted by molar-refractivity contribution is 7.99. The van der Waals surface area contributed by atoms with Gasteiger partial charge in [0.2, 0.25) is 0 Å². The summed E-state index contributed by atoms with van der Waals surface area (Å²) in [5, 5.41) is 13.5. The molecule has 0 amide bonds. The third kappa shape index (κ3) is 4.00. The van der Waals surface area contributed by atoms with Crippen LogP contribution >= 0.6 is 11.8 Å². The molecule has 20 heavy (non-hydrogen) atoms. The third-order valence-electron chi connectivity index (χ3n) is 4.29. The molecule has 0 heterocycles. The normalized spacial score (nSPS) is 19.1. The maximum Gasteiger partial charge on any atom is 0.0760 e. The van der Waals surface area contributed by atoms with Crippen LogP contribution in [0, 0.1) is 5.92 Å². The number of thioether (sulfide) groups is 1. The van der Waals surface area contributed by atoms with Gasteiger partial charge in [0, 0.05) is 5.75 Å². The molecule has 0 aliphatic heterocycles. The minimum atomic E-state index is -0.292. The van der Waals surface area contributed by atoms with Crippen molar-refractivity contribution in [2.24, 2.45) is 5.92 Å². The fraction of sp³-hybridized carbons (Fsp3) is 0.647. The number of rotatable bonds is 8. The third-order valence-corrected chi connectivity index (χ3v) is 5.69. The molecule has 0 saturated heterocycles. The smallest absolute Gasteiger partial charge is 0.0760 e. The van der Waals surface area contributed by atoms with Gasteiger partial charge in [-0.3, -0.25) is 0 Å². The van der Waals surface area contributed by atoms with Crippen LogP contribution < -0.4 is 5.32 Å². The number of hydrogen-bond acceptors (Lipinski definition) is 3. The van der Waals surface area contributed by atoms with Crippen LogP contribution in [0.25, 0.3) is 0 Å². The van der Waals surface area contributed by atoms with E-state index in [1.807, 2.05) is 17.8 Å². The van der Waals surface area contributed by atoms with E-state index in [0.717, 1.165) is 18.2 Å². The van der Waals surface area contributed by atoms with Gasteiger partial charge in [-0.2, -0.15) is 11.8 Å². The Kier molecular flexibility index (Phi) is 6.40. The number of nitrogens with one attached hydrogen (secondary N) is 1. The lowest BCUT2D eigenvalue weighted by atomic mass is 9.92. The van der Waals surface area contributed by atoms with E-state index in [4.69, 9.17) is 0 Å². The molecule has 2 N–H and O–H groups in total. The Balaban J connectivity index is 1.98. The van der Waals surface area contributed by atoms with Crippen molar-refractivity contribution in [3.63, 3.8) is 0 Å². The van der Waals surface area contributed by atoms with Crippen LogP contribution in [-0.4, -0.2) is 29.8 Å². The summed E-state index contributed by atoms with van der Waals surface area (Å²) in [6.07, 6.45) is 5.60.